The standard InChI is InChI=1S/C43H44O19/c1-23(44)52-21-31-33(54-24(2)45)35(55-25(3)46)37(56-26(4)47)43(59-31)62-34-32(22-53-39(49)28-15-9-6-10-16-28)58-42(57-27(5)48)38(61-41(51)30-19-13-8-14-20-30)36(34)60-40(50)29-17-11-7-12-18-29/h6-20,31-38,42-43H,21-22H2,1-5H3/t31-,32-,33+,34-,35+,36+,37-,38+,42+,43+/m1/s1. The minimum absolute atomic E-state index is 0.00858. The fraction of sp³-hybridized carbons (Fsp3) is 0.395. The molecule has 10 atom stereocenters. The molecule has 19 heteroatoms. The second-order valence-corrected chi connectivity index (χ2v) is 13.8. The summed E-state index contributed by atoms with van der Waals surface area (Å²) in [6, 6.07) is 23.0. The van der Waals surface area contributed by atoms with E-state index in [0.717, 1.165) is 34.6 Å². The van der Waals surface area contributed by atoms with Gasteiger partial charge in [-0.25, -0.2) is 14.4 Å². The zero-order chi connectivity index (χ0) is 44.9. The first-order chi connectivity index (χ1) is 29.6. The van der Waals surface area contributed by atoms with Gasteiger partial charge in [-0.1, -0.05) is 54.6 Å². The Morgan fingerprint density at radius 3 is 1.24 bits per heavy atom. The molecule has 3 aromatic rings. The summed E-state index contributed by atoms with van der Waals surface area (Å²) in [7, 11) is 0. The SMILES string of the molecule is CC(=O)OC[C@H]1O[C@@H](O[C@H]2[C@H](OC(=O)c3ccccc3)[C@H](OC(=O)c3ccccc3)[C@@H](OC(C)=O)O[C@@H]2COC(=O)c2ccccc2)[C@H](OC(C)=O)[C@@H](OC(C)=O)[C@H]1OC(C)=O. The van der Waals surface area contributed by atoms with E-state index in [1.165, 1.54) is 36.4 Å². The van der Waals surface area contributed by atoms with Crippen LogP contribution in [0, 0.1) is 0 Å². The molecule has 2 aliphatic rings. The molecule has 0 radical (unpaired) electrons. The highest BCUT2D eigenvalue weighted by atomic mass is 16.8. The van der Waals surface area contributed by atoms with Gasteiger partial charge in [0.15, 0.2) is 30.7 Å². The summed E-state index contributed by atoms with van der Waals surface area (Å²) in [6.07, 6.45) is -17.5. The Labute approximate surface area is 354 Å². The van der Waals surface area contributed by atoms with Gasteiger partial charge < -0.3 is 52.1 Å². The highest BCUT2D eigenvalue weighted by molar-refractivity contribution is 5.91. The van der Waals surface area contributed by atoms with Crippen LogP contribution in [0.3, 0.4) is 0 Å². The Morgan fingerprint density at radius 2 is 0.758 bits per heavy atom. The van der Waals surface area contributed by atoms with Crippen LogP contribution in [0.4, 0.5) is 0 Å². The maximum Gasteiger partial charge on any atom is 0.338 e. The van der Waals surface area contributed by atoms with Gasteiger partial charge in [-0.05, 0) is 36.4 Å². The molecule has 0 unspecified atom stereocenters. The van der Waals surface area contributed by atoms with Gasteiger partial charge in [0, 0.05) is 34.6 Å². The minimum Gasteiger partial charge on any atom is -0.463 e. The largest absolute Gasteiger partial charge is 0.463 e. The van der Waals surface area contributed by atoms with E-state index in [-0.39, 0.29) is 16.7 Å². The van der Waals surface area contributed by atoms with Crippen molar-refractivity contribution in [1.82, 2.24) is 0 Å². The highest BCUT2D eigenvalue weighted by Crippen LogP contribution is 2.36. The topological polar surface area (TPSA) is 238 Å². The van der Waals surface area contributed by atoms with Crippen molar-refractivity contribution >= 4 is 47.8 Å². The van der Waals surface area contributed by atoms with Crippen LogP contribution >= 0.6 is 0 Å². The smallest absolute Gasteiger partial charge is 0.338 e. The van der Waals surface area contributed by atoms with Gasteiger partial charge in [0.1, 0.15) is 31.5 Å². The summed E-state index contributed by atoms with van der Waals surface area (Å²) < 4.78 is 63.8. The van der Waals surface area contributed by atoms with Gasteiger partial charge in [0.2, 0.25) is 12.4 Å². The van der Waals surface area contributed by atoms with Crippen molar-refractivity contribution in [2.24, 2.45) is 0 Å². The quantitative estimate of drug-likeness (QED) is 0.158. The van der Waals surface area contributed by atoms with Crippen LogP contribution < -0.4 is 0 Å². The number of carbonyl (C=O) groups is 8. The van der Waals surface area contributed by atoms with Gasteiger partial charge in [0.05, 0.1) is 16.7 Å². The molecule has 0 aromatic heterocycles. The molecule has 2 heterocycles. The maximum atomic E-state index is 14.0. The molecule has 2 saturated heterocycles. The third kappa shape index (κ3) is 12.7. The molecule has 0 saturated carbocycles. The van der Waals surface area contributed by atoms with Gasteiger partial charge in [0.25, 0.3) is 0 Å². The zero-order valence-electron chi connectivity index (χ0n) is 34.1. The van der Waals surface area contributed by atoms with Crippen molar-refractivity contribution in [3.8, 4) is 0 Å². The Bertz CT molecular complexity index is 2060. The monoisotopic (exact) mass is 864 g/mol. The lowest BCUT2D eigenvalue weighted by atomic mass is 9.95. The van der Waals surface area contributed by atoms with E-state index in [1.54, 1.807) is 54.6 Å². The Hall–Kier alpha value is -6.70. The fourth-order valence-electron chi connectivity index (χ4n) is 6.50. The normalized spacial score (nSPS) is 25.4. The number of ether oxygens (including phenoxy) is 11. The van der Waals surface area contributed by atoms with Crippen LogP contribution in [-0.4, -0.2) is 122 Å². The van der Waals surface area contributed by atoms with Crippen LogP contribution in [0.5, 0.6) is 0 Å². The average molecular weight is 865 g/mol. The summed E-state index contributed by atoms with van der Waals surface area (Å²) in [6.45, 7) is 3.85. The molecule has 5 rings (SSSR count). The van der Waals surface area contributed by atoms with Crippen LogP contribution in [-0.2, 0) is 76.1 Å². The van der Waals surface area contributed by atoms with E-state index >= 15 is 0 Å². The molecule has 330 valence electrons. The molecule has 62 heavy (non-hydrogen) atoms. The van der Waals surface area contributed by atoms with Crippen molar-refractivity contribution in [1.29, 1.82) is 0 Å². The number of rotatable bonds is 15. The second kappa shape index (κ2) is 21.7. The average Bonchev–Trinajstić information content (AvgIpc) is 3.23. The maximum absolute atomic E-state index is 14.0. The molecular weight excluding hydrogens is 820 g/mol. The summed E-state index contributed by atoms with van der Waals surface area (Å²) in [5.74, 6) is -7.34. The van der Waals surface area contributed by atoms with Crippen LogP contribution in [0.1, 0.15) is 65.7 Å². The third-order valence-electron chi connectivity index (χ3n) is 9.01. The van der Waals surface area contributed by atoms with Gasteiger partial charge >= 0.3 is 47.8 Å². The zero-order valence-corrected chi connectivity index (χ0v) is 34.1. The molecule has 0 N–H and O–H groups in total. The Morgan fingerprint density at radius 1 is 0.387 bits per heavy atom. The summed E-state index contributed by atoms with van der Waals surface area (Å²) in [5, 5.41) is 0. The van der Waals surface area contributed by atoms with Gasteiger partial charge in [-0.2, -0.15) is 0 Å². The lowest BCUT2D eigenvalue weighted by molar-refractivity contribution is -0.355. The lowest BCUT2D eigenvalue weighted by Gasteiger charge is -2.48. The number of hydrogen-bond donors (Lipinski definition) is 0. The molecule has 2 aliphatic heterocycles. The number of carbonyl (C=O) groups excluding carboxylic acids is 8. The summed E-state index contributed by atoms with van der Waals surface area (Å²) in [4.78, 5) is 103. The molecule has 0 bridgehead atoms. The van der Waals surface area contributed by atoms with Crippen LogP contribution in [0.15, 0.2) is 91.0 Å². The van der Waals surface area contributed by atoms with Crippen LogP contribution in [0.2, 0.25) is 0 Å². The molecule has 2 fully saturated rings. The number of esters is 8. The molecule has 19 nitrogen and oxygen atoms in total. The second-order valence-electron chi connectivity index (χ2n) is 13.8. The van der Waals surface area contributed by atoms with Crippen molar-refractivity contribution in [2.75, 3.05) is 13.2 Å². The van der Waals surface area contributed by atoms with E-state index in [1.807, 2.05) is 0 Å². The molecule has 0 amide bonds. The first kappa shape index (κ1) is 46.4. The van der Waals surface area contributed by atoms with Gasteiger partial charge in [-0.3, -0.25) is 24.0 Å². The summed E-state index contributed by atoms with van der Waals surface area (Å²) in [5.41, 5.74) is 0.158. The Balaban J connectivity index is 1.67. The number of benzene rings is 3. The first-order valence-corrected chi connectivity index (χ1v) is 19.1. The first-order valence-electron chi connectivity index (χ1n) is 19.1. The van der Waals surface area contributed by atoms with Crippen molar-refractivity contribution in [3.05, 3.63) is 108 Å². The predicted octanol–water partition coefficient (Wildman–Crippen LogP) is 3.05. The molecule has 0 aliphatic carbocycles. The predicted molar refractivity (Wildman–Crippen MR) is 205 cm³/mol. The van der Waals surface area contributed by atoms with Crippen LogP contribution in [0.25, 0.3) is 0 Å². The highest BCUT2D eigenvalue weighted by Gasteiger charge is 2.58. The Kier molecular flexibility index (Phi) is 16.2. The molecule has 0 spiro atoms. The van der Waals surface area contributed by atoms with E-state index in [9.17, 15) is 38.4 Å². The van der Waals surface area contributed by atoms with E-state index < -0.39 is 122 Å². The minimum atomic E-state index is -1.93. The van der Waals surface area contributed by atoms with E-state index in [2.05, 4.69) is 0 Å². The molecular formula is C43H44O19. The third-order valence-corrected chi connectivity index (χ3v) is 9.01. The molecule has 3 aromatic carbocycles. The fourth-order valence-corrected chi connectivity index (χ4v) is 6.50. The summed E-state index contributed by atoms with van der Waals surface area (Å²) >= 11 is 0. The van der Waals surface area contributed by atoms with E-state index in [0.29, 0.717) is 0 Å². The lowest BCUT2D eigenvalue weighted by Crippen LogP contribution is -2.67. The van der Waals surface area contributed by atoms with Crippen molar-refractivity contribution in [2.45, 2.75) is 96.0 Å². The van der Waals surface area contributed by atoms with E-state index in [4.69, 9.17) is 52.1 Å². The van der Waals surface area contributed by atoms with Crippen molar-refractivity contribution in [3.63, 3.8) is 0 Å². The van der Waals surface area contributed by atoms with Crippen molar-refractivity contribution < 1.29 is 90.5 Å². The number of hydrogen-bond acceptors (Lipinski definition) is 19. The van der Waals surface area contributed by atoms with Gasteiger partial charge in [-0.15, -0.1) is 0 Å².